The highest BCUT2D eigenvalue weighted by Crippen LogP contribution is 2.24. The third-order valence-electron chi connectivity index (χ3n) is 2.57. The molecule has 0 saturated heterocycles. The van der Waals surface area contributed by atoms with Gasteiger partial charge < -0.3 is 5.11 Å². The lowest BCUT2D eigenvalue weighted by molar-refractivity contribution is 0.0690. The normalized spacial score (nSPS) is 10.7. The van der Waals surface area contributed by atoms with Gasteiger partial charge in [0.1, 0.15) is 5.82 Å². The molecule has 18 heavy (non-hydrogen) atoms. The van der Waals surface area contributed by atoms with Crippen molar-refractivity contribution in [1.29, 1.82) is 0 Å². The second-order valence-electron chi connectivity index (χ2n) is 3.94. The van der Waals surface area contributed by atoms with Crippen molar-refractivity contribution in [2.24, 2.45) is 0 Å². The molecule has 0 aliphatic rings. The number of aryl methyl sites for hydroxylation is 2. The highest BCUT2D eigenvalue weighted by atomic mass is 79.9. The van der Waals surface area contributed by atoms with Crippen LogP contribution in [0.5, 0.6) is 0 Å². The lowest BCUT2D eigenvalue weighted by Crippen LogP contribution is -2.04. The van der Waals surface area contributed by atoms with Crippen LogP contribution in [0, 0.1) is 19.7 Å². The molecule has 0 aliphatic carbocycles. The molecule has 0 spiro atoms. The number of carboxylic acid groups (broad SMARTS) is 1. The van der Waals surface area contributed by atoms with Crippen molar-refractivity contribution in [1.82, 2.24) is 9.78 Å². The second kappa shape index (κ2) is 4.53. The van der Waals surface area contributed by atoms with E-state index in [0.29, 0.717) is 21.4 Å². The Morgan fingerprint density at radius 3 is 2.61 bits per heavy atom. The summed E-state index contributed by atoms with van der Waals surface area (Å²) >= 11 is 3.11. The van der Waals surface area contributed by atoms with Crippen LogP contribution in [0.15, 0.2) is 22.7 Å². The molecule has 1 aromatic carbocycles. The van der Waals surface area contributed by atoms with Gasteiger partial charge in [0.05, 0.1) is 10.2 Å². The van der Waals surface area contributed by atoms with E-state index < -0.39 is 5.97 Å². The van der Waals surface area contributed by atoms with E-state index in [9.17, 15) is 9.18 Å². The molecule has 0 aliphatic heterocycles. The maximum atomic E-state index is 13.3. The van der Waals surface area contributed by atoms with Crippen molar-refractivity contribution in [3.63, 3.8) is 0 Å². The molecule has 0 atom stereocenters. The Kier molecular flexibility index (Phi) is 3.21. The maximum Gasteiger partial charge on any atom is 0.356 e. The van der Waals surface area contributed by atoms with Gasteiger partial charge in [-0.25, -0.2) is 13.9 Å². The van der Waals surface area contributed by atoms with Crippen LogP contribution >= 0.6 is 15.9 Å². The molecule has 0 unspecified atom stereocenters. The smallest absolute Gasteiger partial charge is 0.356 e. The summed E-state index contributed by atoms with van der Waals surface area (Å²) in [6.07, 6.45) is 0. The van der Waals surface area contributed by atoms with Crippen LogP contribution in [-0.4, -0.2) is 20.9 Å². The average molecular weight is 313 g/mol. The number of carboxylic acids is 1. The van der Waals surface area contributed by atoms with E-state index in [-0.39, 0.29) is 11.5 Å². The Hall–Kier alpha value is -1.69. The van der Waals surface area contributed by atoms with E-state index in [0.717, 1.165) is 0 Å². The molecule has 1 aromatic heterocycles. The summed E-state index contributed by atoms with van der Waals surface area (Å²) in [4.78, 5) is 10.9. The predicted molar refractivity (Wildman–Crippen MR) is 67.7 cm³/mol. The van der Waals surface area contributed by atoms with Gasteiger partial charge in [-0.1, -0.05) is 0 Å². The fraction of sp³-hybridized carbons (Fsp3) is 0.167. The third kappa shape index (κ3) is 2.15. The summed E-state index contributed by atoms with van der Waals surface area (Å²) < 4.78 is 15.1. The van der Waals surface area contributed by atoms with Gasteiger partial charge in [-0.3, -0.25) is 0 Å². The van der Waals surface area contributed by atoms with Crippen molar-refractivity contribution in [3.8, 4) is 5.69 Å². The fourth-order valence-corrected chi connectivity index (χ4v) is 2.02. The summed E-state index contributed by atoms with van der Waals surface area (Å²) in [6, 6.07) is 4.43. The zero-order chi connectivity index (χ0) is 13.4. The number of rotatable bonds is 2. The van der Waals surface area contributed by atoms with E-state index >= 15 is 0 Å². The Morgan fingerprint density at radius 2 is 2.06 bits per heavy atom. The molecular formula is C12H10BrFN2O2. The van der Waals surface area contributed by atoms with Crippen LogP contribution in [0.1, 0.15) is 21.7 Å². The van der Waals surface area contributed by atoms with Crippen LogP contribution in [0.25, 0.3) is 5.69 Å². The standard InChI is InChI=1S/C12H10BrFN2O2/c1-6-3-9(14)8(13)5-11(6)16-7(2)4-10(15-16)12(17)18/h3-5H,1-2H3,(H,17,18). The third-order valence-corrected chi connectivity index (χ3v) is 3.18. The van der Waals surface area contributed by atoms with E-state index in [1.807, 2.05) is 0 Å². The van der Waals surface area contributed by atoms with E-state index in [2.05, 4.69) is 21.0 Å². The quantitative estimate of drug-likeness (QED) is 0.927. The molecule has 94 valence electrons. The van der Waals surface area contributed by atoms with Gasteiger partial charge in [-0.15, -0.1) is 0 Å². The van der Waals surface area contributed by atoms with Gasteiger partial charge in [-0.2, -0.15) is 5.10 Å². The maximum absolute atomic E-state index is 13.3. The molecule has 0 fully saturated rings. The van der Waals surface area contributed by atoms with E-state index in [1.165, 1.54) is 16.8 Å². The van der Waals surface area contributed by atoms with Gasteiger partial charge in [0.15, 0.2) is 5.69 Å². The lowest BCUT2D eigenvalue weighted by Gasteiger charge is -2.09. The highest BCUT2D eigenvalue weighted by molar-refractivity contribution is 9.10. The van der Waals surface area contributed by atoms with Gasteiger partial charge in [-0.05, 0) is 53.5 Å². The van der Waals surface area contributed by atoms with Crippen LogP contribution in [0.3, 0.4) is 0 Å². The number of carbonyl (C=O) groups is 1. The number of aromatic nitrogens is 2. The van der Waals surface area contributed by atoms with Crippen LogP contribution in [0.4, 0.5) is 4.39 Å². The van der Waals surface area contributed by atoms with E-state index in [4.69, 9.17) is 5.11 Å². The molecular weight excluding hydrogens is 303 g/mol. The molecule has 2 aromatic rings. The first-order valence-corrected chi connectivity index (χ1v) is 5.95. The van der Waals surface area contributed by atoms with Crippen molar-refractivity contribution < 1.29 is 14.3 Å². The summed E-state index contributed by atoms with van der Waals surface area (Å²) in [6.45, 7) is 3.49. The molecule has 4 nitrogen and oxygen atoms in total. The van der Waals surface area contributed by atoms with Crippen molar-refractivity contribution in [2.75, 3.05) is 0 Å². The molecule has 1 N–H and O–H groups in total. The Bertz CT molecular complexity index is 637. The van der Waals surface area contributed by atoms with Gasteiger partial charge in [0.25, 0.3) is 0 Å². The molecule has 2 rings (SSSR count). The fourth-order valence-electron chi connectivity index (χ4n) is 1.69. The van der Waals surface area contributed by atoms with Crippen LogP contribution in [-0.2, 0) is 0 Å². The Balaban J connectivity index is 2.62. The minimum atomic E-state index is -1.09. The SMILES string of the molecule is Cc1cc(F)c(Br)cc1-n1nc(C(=O)O)cc1C. The zero-order valence-corrected chi connectivity index (χ0v) is 11.3. The van der Waals surface area contributed by atoms with Crippen molar-refractivity contribution in [3.05, 3.63) is 45.4 Å². The van der Waals surface area contributed by atoms with Gasteiger partial charge >= 0.3 is 5.97 Å². The molecule has 0 radical (unpaired) electrons. The molecule has 6 heteroatoms. The second-order valence-corrected chi connectivity index (χ2v) is 4.80. The first kappa shape index (κ1) is 12.8. The van der Waals surface area contributed by atoms with E-state index in [1.54, 1.807) is 19.9 Å². The number of hydrogen-bond acceptors (Lipinski definition) is 2. The number of nitrogens with zero attached hydrogens (tertiary/aromatic N) is 2. The van der Waals surface area contributed by atoms with Crippen LogP contribution in [0.2, 0.25) is 0 Å². The summed E-state index contributed by atoms with van der Waals surface area (Å²) in [5.41, 5.74) is 1.97. The number of benzene rings is 1. The Labute approximate surface area is 111 Å². The number of aromatic carboxylic acids is 1. The summed E-state index contributed by atoms with van der Waals surface area (Å²) in [7, 11) is 0. The first-order valence-electron chi connectivity index (χ1n) is 5.16. The average Bonchev–Trinajstić information content (AvgIpc) is 2.66. The van der Waals surface area contributed by atoms with Gasteiger partial charge in [0, 0.05) is 5.69 Å². The minimum Gasteiger partial charge on any atom is -0.476 e. The summed E-state index contributed by atoms with van der Waals surface area (Å²) in [5, 5.41) is 12.9. The summed E-state index contributed by atoms with van der Waals surface area (Å²) in [5.74, 6) is -1.45. The molecule has 1 heterocycles. The molecule has 0 saturated carbocycles. The molecule has 0 amide bonds. The zero-order valence-electron chi connectivity index (χ0n) is 9.74. The van der Waals surface area contributed by atoms with Gasteiger partial charge in [0.2, 0.25) is 0 Å². The highest BCUT2D eigenvalue weighted by Gasteiger charge is 2.14. The topological polar surface area (TPSA) is 55.1 Å². The predicted octanol–water partition coefficient (Wildman–Crippen LogP) is 3.09. The Morgan fingerprint density at radius 1 is 1.39 bits per heavy atom. The largest absolute Gasteiger partial charge is 0.476 e. The number of hydrogen-bond donors (Lipinski definition) is 1. The van der Waals surface area contributed by atoms with Crippen LogP contribution < -0.4 is 0 Å². The monoisotopic (exact) mass is 312 g/mol. The first-order chi connectivity index (χ1) is 8.40. The van der Waals surface area contributed by atoms with Crippen molar-refractivity contribution >= 4 is 21.9 Å². The van der Waals surface area contributed by atoms with Crippen molar-refractivity contribution in [2.45, 2.75) is 13.8 Å². The lowest BCUT2D eigenvalue weighted by atomic mass is 10.2. The molecule has 0 bridgehead atoms. The number of halogens is 2. The minimum absolute atomic E-state index is 0.0349.